The fourth-order valence-corrected chi connectivity index (χ4v) is 2.99. The lowest BCUT2D eigenvalue weighted by Crippen LogP contribution is -2.01. The van der Waals surface area contributed by atoms with Crippen molar-refractivity contribution in [1.29, 1.82) is 0 Å². The first-order chi connectivity index (χ1) is 12.1. The molecule has 3 nitrogen and oxygen atoms in total. The summed E-state index contributed by atoms with van der Waals surface area (Å²) in [7, 11) is 0. The normalized spacial score (nSPS) is 11.0. The highest BCUT2D eigenvalue weighted by atomic mass is 35.5. The molecule has 0 radical (unpaired) electrons. The fraction of sp³-hybridized carbons (Fsp3) is 0.250. The van der Waals surface area contributed by atoms with E-state index in [9.17, 15) is 4.79 Å². The molecule has 0 spiro atoms. The highest BCUT2D eigenvalue weighted by Crippen LogP contribution is 2.26. The summed E-state index contributed by atoms with van der Waals surface area (Å²) in [5, 5.41) is 1.96. The number of aryl methyl sites for hydroxylation is 1. The molecule has 1 aromatic heterocycles. The van der Waals surface area contributed by atoms with E-state index in [2.05, 4.69) is 6.92 Å². The van der Waals surface area contributed by atoms with Crippen LogP contribution in [0.5, 0.6) is 5.75 Å². The minimum absolute atomic E-state index is 0.333. The van der Waals surface area contributed by atoms with Crippen LogP contribution in [0.25, 0.3) is 11.0 Å². The predicted octanol–water partition coefficient (Wildman–Crippen LogP) is 6.02. The number of ether oxygens (including phenoxy) is 1. The molecule has 0 aliphatic carbocycles. The van der Waals surface area contributed by atoms with Crippen LogP contribution in [0.1, 0.15) is 30.9 Å². The Morgan fingerprint density at radius 1 is 1.04 bits per heavy atom. The van der Waals surface area contributed by atoms with Crippen LogP contribution in [0.2, 0.25) is 10.0 Å². The van der Waals surface area contributed by atoms with Gasteiger partial charge in [-0.2, -0.15) is 0 Å². The summed E-state index contributed by atoms with van der Waals surface area (Å²) in [6.07, 6.45) is 2.97. The monoisotopic (exact) mass is 376 g/mol. The Morgan fingerprint density at radius 3 is 2.64 bits per heavy atom. The first kappa shape index (κ1) is 17.8. The minimum Gasteiger partial charge on any atom is -0.489 e. The van der Waals surface area contributed by atoms with Crippen LogP contribution >= 0.6 is 23.2 Å². The molecule has 0 aliphatic rings. The molecule has 2 aromatic carbocycles. The molecule has 5 heteroatoms. The lowest BCUT2D eigenvalue weighted by molar-refractivity contribution is 0.306. The Morgan fingerprint density at radius 2 is 1.88 bits per heavy atom. The molecule has 0 aliphatic heterocycles. The van der Waals surface area contributed by atoms with Crippen LogP contribution in [0, 0.1) is 0 Å². The molecule has 3 aromatic rings. The summed E-state index contributed by atoms with van der Waals surface area (Å²) in [6.45, 7) is 2.48. The third-order valence-corrected chi connectivity index (χ3v) is 4.73. The van der Waals surface area contributed by atoms with Gasteiger partial charge in [0.1, 0.15) is 17.9 Å². The zero-order chi connectivity index (χ0) is 17.8. The van der Waals surface area contributed by atoms with Crippen LogP contribution in [-0.4, -0.2) is 0 Å². The van der Waals surface area contributed by atoms with Gasteiger partial charge in [-0.05, 0) is 48.2 Å². The number of benzene rings is 2. The number of rotatable bonds is 6. The van der Waals surface area contributed by atoms with E-state index in [4.69, 9.17) is 32.4 Å². The van der Waals surface area contributed by atoms with E-state index in [1.807, 2.05) is 18.2 Å². The molecular weight excluding hydrogens is 359 g/mol. The second-order valence-corrected chi connectivity index (χ2v) is 6.70. The molecular formula is C20H18Cl2O3. The zero-order valence-electron chi connectivity index (χ0n) is 13.9. The Labute approximate surface area is 156 Å². The molecule has 0 bridgehead atoms. The SMILES string of the molecule is CCCCc1cc(=O)oc2cc(OCc3ccc(Cl)c(Cl)c3)ccc12. The van der Waals surface area contributed by atoms with Crippen molar-refractivity contribution < 1.29 is 9.15 Å². The van der Waals surface area contributed by atoms with Gasteiger partial charge in [0.05, 0.1) is 10.0 Å². The maximum atomic E-state index is 11.8. The lowest BCUT2D eigenvalue weighted by Gasteiger charge is -2.09. The molecule has 130 valence electrons. The van der Waals surface area contributed by atoms with Gasteiger partial charge in [0.25, 0.3) is 0 Å². The average molecular weight is 377 g/mol. The summed E-state index contributed by atoms with van der Waals surface area (Å²) in [4.78, 5) is 11.8. The van der Waals surface area contributed by atoms with Crippen LogP contribution in [-0.2, 0) is 13.0 Å². The number of hydrogen-bond acceptors (Lipinski definition) is 3. The largest absolute Gasteiger partial charge is 0.489 e. The molecule has 0 amide bonds. The molecule has 0 saturated carbocycles. The molecule has 3 rings (SSSR count). The average Bonchev–Trinajstić information content (AvgIpc) is 2.60. The van der Waals surface area contributed by atoms with Crippen molar-refractivity contribution in [2.75, 3.05) is 0 Å². The quantitative estimate of drug-likeness (QED) is 0.493. The van der Waals surface area contributed by atoms with Gasteiger partial charge in [0, 0.05) is 17.5 Å². The van der Waals surface area contributed by atoms with Gasteiger partial charge in [-0.1, -0.05) is 42.6 Å². The second kappa shape index (κ2) is 7.94. The van der Waals surface area contributed by atoms with Gasteiger partial charge in [0.2, 0.25) is 0 Å². The van der Waals surface area contributed by atoms with Gasteiger partial charge < -0.3 is 9.15 Å². The van der Waals surface area contributed by atoms with Crippen molar-refractivity contribution in [1.82, 2.24) is 0 Å². The van der Waals surface area contributed by atoms with E-state index < -0.39 is 0 Å². The molecule has 0 saturated heterocycles. The molecule has 0 atom stereocenters. The van der Waals surface area contributed by atoms with E-state index in [1.165, 1.54) is 0 Å². The van der Waals surface area contributed by atoms with Crippen molar-refractivity contribution in [3.05, 3.63) is 74.1 Å². The van der Waals surface area contributed by atoms with Crippen LogP contribution in [0.15, 0.2) is 51.7 Å². The summed E-state index contributed by atoms with van der Waals surface area (Å²) in [5.41, 5.74) is 2.14. The van der Waals surface area contributed by atoms with E-state index in [0.717, 1.165) is 35.8 Å². The van der Waals surface area contributed by atoms with Gasteiger partial charge >= 0.3 is 5.63 Å². The standard InChI is InChI=1S/C20H18Cl2O3/c1-2-3-4-14-10-20(23)25-19-11-15(6-7-16(14)19)24-12-13-5-8-17(21)18(22)9-13/h5-11H,2-4,12H2,1H3. The van der Waals surface area contributed by atoms with Crippen molar-refractivity contribution in [2.45, 2.75) is 32.8 Å². The Hall–Kier alpha value is -1.97. The summed E-state index contributed by atoms with van der Waals surface area (Å²) in [5.74, 6) is 0.634. The van der Waals surface area contributed by atoms with E-state index in [-0.39, 0.29) is 5.63 Å². The predicted molar refractivity (Wildman–Crippen MR) is 102 cm³/mol. The van der Waals surface area contributed by atoms with Crippen molar-refractivity contribution >= 4 is 34.2 Å². The Balaban J connectivity index is 1.83. The van der Waals surface area contributed by atoms with E-state index in [0.29, 0.717) is 28.0 Å². The smallest absolute Gasteiger partial charge is 0.336 e. The number of hydrogen-bond donors (Lipinski definition) is 0. The van der Waals surface area contributed by atoms with E-state index in [1.54, 1.807) is 24.3 Å². The van der Waals surface area contributed by atoms with Crippen molar-refractivity contribution in [3.8, 4) is 5.75 Å². The number of halogens is 2. The highest BCUT2D eigenvalue weighted by molar-refractivity contribution is 6.42. The zero-order valence-corrected chi connectivity index (χ0v) is 15.4. The van der Waals surface area contributed by atoms with Crippen molar-refractivity contribution in [3.63, 3.8) is 0 Å². The maximum Gasteiger partial charge on any atom is 0.336 e. The fourth-order valence-electron chi connectivity index (χ4n) is 2.67. The minimum atomic E-state index is -0.333. The third kappa shape index (κ3) is 4.36. The van der Waals surface area contributed by atoms with Crippen LogP contribution in [0.4, 0.5) is 0 Å². The van der Waals surface area contributed by atoms with Gasteiger partial charge in [-0.15, -0.1) is 0 Å². The molecule has 0 unspecified atom stereocenters. The molecule has 1 heterocycles. The highest BCUT2D eigenvalue weighted by Gasteiger charge is 2.08. The van der Waals surface area contributed by atoms with Gasteiger partial charge in [-0.3, -0.25) is 0 Å². The summed E-state index contributed by atoms with van der Waals surface area (Å²) >= 11 is 11.9. The van der Waals surface area contributed by atoms with Crippen molar-refractivity contribution in [2.24, 2.45) is 0 Å². The topological polar surface area (TPSA) is 39.4 Å². The third-order valence-electron chi connectivity index (χ3n) is 3.99. The second-order valence-electron chi connectivity index (χ2n) is 5.89. The van der Waals surface area contributed by atoms with E-state index >= 15 is 0 Å². The summed E-state index contributed by atoms with van der Waals surface area (Å²) in [6, 6.07) is 12.5. The molecule has 0 N–H and O–H groups in total. The first-order valence-corrected chi connectivity index (χ1v) is 8.96. The van der Waals surface area contributed by atoms with Crippen LogP contribution < -0.4 is 10.4 Å². The molecule has 25 heavy (non-hydrogen) atoms. The summed E-state index contributed by atoms with van der Waals surface area (Å²) < 4.78 is 11.1. The first-order valence-electron chi connectivity index (χ1n) is 8.20. The van der Waals surface area contributed by atoms with Crippen LogP contribution in [0.3, 0.4) is 0 Å². The number of unbranched alkanes of at least 4 members (excludes halogenated alkanes) is 1. The van der Waals surface area contributed by atoms with Gasteiger partial charge in [0.15, 0.2) is 0 Å². The number of fused-ring (bicyclic) bond motifs is 1. The molecule has 0 fully saturated rings. The Bertz CT molecular complexity index is 947. The lowest BCUT2D eigenvalue weighted by atomic mass is 10.0. The Kier molecular flexibility index (Phi) is 5.67. The maximum absolute atomic E-state index is 11.8. The van der Waals surface area contributed by atoms with Gasteiger partial charge in [-0.25, -0.2) is 4.79 Å².